The zero-order chi connectivity index (χ0) is 14.7. The van der Waals surface area contributed by atoms with E-state index in [9.17, 15) is 5.11 Å². The summed E-state index contributed by atoms with van der Waals surface area (Å²) in [6, 6.07) is 9.82. The van der Waals surface area contributed by atoms with E-state index in [1.54, 1.807) is 0 Å². The van der Waals surface area contributed by atoms with Gasteiger partial charge in [0.1, 0.15) is 0 Å². The smallest absolute Gasteiger partial charge is 0.228 e. The van der Waals surface area contributed by atoms with Crippen LogP contribution in [0.4, 0.5) is 0 Å². The first-order valence-electron chi connectivity index (χ1n) is 7.51. The first-order valence-corrected chi connectivity index (χ1v) is 7.51. The lowest BCUT2D eigenvalue weighted by molar-refractivity contribution is 0.0290. The Labute approximate surface area is 124 Å². The third-order valence-electron chi connectivity index (χ3n) is 4.14. The molecule has 0 aliphatic carbocycles. The molecule has 112 valence electrons. The fourth-order valence-electron chi connectivity index (χ4n) is 2.63. The largest absolute Gasteiger partial charge is 0.392 e. The number of nitrogens with zero attached hydrogens (tertiary/aromatic N) is 3. The summed E-state index contributed by atoms with van der Waals surface area (Å²) in [5.74, 6) is 1.69. The molecule has 2 atom stereocenters. The lowest BCUT2D eigenvalue weighted by Gasteiger charge is -2.33. The van der Waals surface area contributed by atoms with Crippen molar-refractivity contribution in [2.45, 2.75) is 25.9 Å². The van der Waals surface area contributed by atoms with E-state index in [-0.39, 0.29) is 6.10 Å². The number of hydrogen-bond acceptors (Lipinski definition) is 5. The molecule has 1 fully saturated rings. The number of aromatic nitrogens is 2. The van der Waals surface area contributed by atoms with Crippen molar-refractivity contribution in [2.24, 2.45) is 5.92 Å². The second kappa shape index (κ2) is 6.37. The Morgan fingerprint density at radius 3 is 2.90 bits per heavy atom. The van der Waals surface area contributed by atoms with Crippen molar-refractivity contribution in [3.05, 3.63) is 36.2 Å². The lowest BCUT2D eigenvalue weighted by Crippen LogP contribution is -2.43. The topological polar surface area (TPSA) is 62.4 Å². The first kappa shape index (κ1) is 14.2. The Hall–Kier alpha value is -1.72. The van der Waals surface area contributed by atoms with Gasteiger partial charge in [-0.25, -0.2) is 0 Å². The molecule has 0 spiro atoms. The van der Waals surface area contributed by atoms with E-state index in [1.807, 2.05) is 30.3 Å². The molecule has 1 aromatic carbocycles. The number of rotatable bonds is 4. The van der Waals surface area contributed by atoms with Gasteiger partial charge in [-0.3, -0.25) is 0 Å². The van der Waals surface area contributed by atoms with Gasteiger partial charge < -0.3 is 14.5 Å². The van der Waals surface area contributed by atoms with Crippen LogP contribution in [0.2, 0.25) is 0 Å². The Bertz CT molecular complexity index is 570. The summed E-state index contributed by atoms with van der Waals surface area (Å²) in [6.45, 7) is 4.71. The minimum Gasteiger partial charge on any atom is -0.392 e. The van der Waals surface area contributed by atoms with E-state index in [0.29, 0.717) is 17.6 Å². The van der Waals surface area contributed by atoms with Crippen molar-refractivity contribution < 1.29 is 9.63 Å². The summed E-state index contributed by atoms with van der Waals surface area (Å²) in [7, 11) is 0. The van der Waals surface area contributed by atoms with Gasteiger partial charge in [0.2, 0.25) is 11.7 Å². The van der Waals surface area contributed by atoms with Crippen LogP contribution >= 0.6 is 0 Å². The standard InChI is InChI=1S/C16H21N3O2/c1-12-7-9-19(11-14(12)20)10-8-15-17-16(18-21-15)13-5-3-2-4-6-13/h2-6,12,14,20H,7-11H2,1H3. The van der Waals surface area contributed by atoms with E-state index < -0.39 is 0 Å². The van der Waals surface area contributed by atoms with Gasteiger partial charge >= 0.3 is 0 Å². The molecule has 2 unspecified atom stereocenters. The molecule has 0 radical (unpaired) electrons. The van der Waals surface area contributed by atoms with Crippen LogP contribution < -0.4 is 0 Å². The molecule has 21 heavy (non-hydrogen) atoms. The van der Waals surface area contributed by atoms with E-state index >= 15 is 0 Å². The van der Waals surface area contributed by atoms with Gasteiger partial charge in [0.05, 0.1) is 6.10 Å². The van der Waals surface area contributed by atoms with Crippen molar-refractivity contribution in [1.82, 2.24) is 15.0 Å². The average molecular weight is 287 g/mol. The summed E-state index contributed by atoms with van der Waals surface area (Å²) in [5.41, 5.74) is 0.967. The van der Waals surface area contributed by atoms with Gasteiger partial charge in [-0.1, -0.05) is 42.4 Å². The van der Waals surface area contributed by atoms with Gasteiger partial charge in [0.25, 0.3) is 0 Å². The maximum Gasteiger partial charge on any atom is 0.228 e. The molecule has 1 aliphatic rings. The minimum atomic E-state index is -0.221. The van der Waals surface area contributed by atoms with Crippen LogP contribution in [0.15, 0.2) is 34.9 Å². The number of likely N-dealkylation sites (tertiary alicyclic amines) is 1. The molecule has 0 bridgehead atoms. The highest BCUT2D eigenvalue weighted by molar-refractivity contribution is 5.53. The fourth-order valence-corrected chi connectivity index (χ4v) is 2.63. The van der Waals surface area contributed by atoms with Gasteiger partial charge in [-0.15, -0.1) is 0 Å². The number of benzene rings is 1. The number of β-amino-alcohol motifs (C(OH)–C–C–N with tert-alkyl or cyclic N) is 1. The molecule has 0 saturated carbocycles. The van der Waals surface area contributed by atoms with Gasteiger partial charge in [0.15, 0.2) is 0 Å². The maximum atomic E-state index is 9.91. The Kier molecular flexibility index (Phi) is 4.31. The number of aliphatic hydroxyl groups is 1. The molecule has 1 aromatic heterocycles. The predicted octanol–water partition coefficient (Wildman–Crippen LogP) is 1.98. The summed E-state index contributed by atoms with van der Waals surface area (Å²) in [6.07, 6.45) is 1.54. The van der Waals surface area contributed by atoms with Crippen molar-refractivity contribution in [2.75, 3.05) is 19.6 Å². The second-order valence-electron chi connectivity index (χ2n) is 5.76. The van der Waals surface area contributed by atoms with E-state index in [2.05, 4.69) is 22.0 Å². The van der Waals surface area contributed by atoms with Crippen molar-refractivity contribution >= 4 is 0 Å². The number of piperidine rings is 1. The van der Waals surface area contributed by atoms with E-state index in [0.717, 1.165) is 38.0 Å². The Balaban J connectivity index is 1.56. The molecular weight excluding hydrogens is 266 g/mol. The summed E-state index contributed by atoms with van der Waals surface area (Å²) < 4.78 is 5.31. The second-order valence-corrected chi connectivity index (χ2v) is 5.76. The zero-order valence-corrected chi connectivity index (χ0v) is 12.3. The normalized spacial score (nSPS) is 23.3. The quantitative estimate of drug-likeness (QED) is 0.931. The molecule has 1 N–H and O–H groups in total. The molecule has 2 heterocycles. The summed E-state index contributed by atoms with van der Waals surface area (Å²) in [5, 5.41) is 13.9. The van der Waals surface area contributed by atoms with Crippen LogP contribution in [-0.2, 0) is 6.42 Å². The highest BCUT2D eigenvalue weighted by Gasteiger charge is 2.24. The summed E-state index contributed by atoms with van der Waals surface area (Å²) in [4.78, 5) is 6.69. The van der Waals surface area contributed by atoms with Crippen LogP contribution in [-0.4, -0.2) is 45.9 Å². The molecule has 5 heteroatoms. The van der Waals surface area contributed by atoms with E-state index in [4.69, 9.17) is 4.52 Å². The molecule has 0 amide bonds. The molecule has 1 saturated heterocycles. The molecule has 1 aliphatic heterocycles. The monoisotopic (exact) mass is 287 g/mol. The van der Waals surface area contributed by atoms with Gasteiger partial charge in [-0.05, 0) is 18.9 Å². The molecule has 2 aromatic rings. The van der Waals surface area contributed by atoms with Gasteiger partial charge in [0, 0.05) is 25.1 Å². The van der Waals surface area contributed by atoms with Crippen LogP contribution in [0.3, 0.4) is 0 Å². The lowest BCUT2D eigenvalue weighted by atomic mass is 9.96. The molecule has 5 nitrogen and oxygen atoms in total. The van der Waals surface area contributed by atoms with Crippen LogP contribution in [0.25, 0.3) is 11.4 Å². The van der Waals surface area contributed by atoms with Crippen LogP contribution in [0.1, 0.15) is 19.2 Å². The highest BCUT2D eigenvalue weighted by Crippen LogP contribution is 2.18. The molecule has 3 rings (SSSR count). The number of hydrogen-bond donors (Lipinski definition) is 1. The average Bonchev–Trinajstić information content (AvgIpc) is 2.98. The predicted molar refractivity (Wildman–Crippen MR) is 79.7 cm³/mol. The van der Waals surface area contributed by atoms with Crippen LogP contribution in [0.5, 0.6) is 0 Å². The Morgan fingerprint density at radius 2 is 2.14 bits per heavy atom. The zero-order valence-electron chi connectivity index (χ0n) is 12.3. The Morgan fingerprint density at radius 1 is 1.33 bits per heavy atom. The third kappa shape index (κ3) is 3.49. The van der Waals surface area contributed by atoms with E-state index in [1.165, 1.54) is 0 Å². The SMILES string of the molecule is CC1CCN(CCc2nc(-c3ccccc3)no2)CC1O. The molecular formula is C16H21N3O2. The number of aliphatic hydroxyl groups excluding tert-OH is 1. The third-order valence-corrected chi connectivity index (χ3v) is 4.14. The van der Waals surface area contributed by atoms with Crippen molar-refractivity contribution in [3.8, 4) is 11.4 Å². The van der Waals surface area contributed by atoms with Crippen LogP contribution in [0, 0.1) is 5.92 Å². The fraction of sp³-hybridized carbons (Fsp3) is 0.500. The highest BCUT2D eigenvalue weighted by atomic mass is 16.5. The first-order chi connectivity index (χ1) is 10.2. The summed E-state index contributed by atoms with van der Waals surface area (Å²) >= 11 is 0. The van der Waals surface area contributed by atoms with Crippen molar-refractivity contribution in [1.29, 1.82) is 0 Å². The van der Waals surface area contributed by atoms with Gasteiger partial charge in [-0.2, -0.15) is 4.98 Å². The maximum absolute atomic E-state index is 9.91. The minimum absolute atomic E-state index is 0.221. The van der Waals surface area contributed by atoms with Crippen molar-refractivity contribution in [3.63, 3.8) is 0 Å².